The largest absolute Gasteiger partial charge is 0.320 e. The number of anilines is 1. The van der Waals surface area contributed by atoms with Gasteiger partial charge in [0.05, 0.1) is 6.20 Å². The van der Waals surface area contributed by atoms with Crippen LogP contribution < -0.4 is 5.32 Å². The zero-order valence-corrected chi connectivity index (χ0v) is 10.2. The first-order valence-electron chi connectivity index (χ1n) is 5.00. The van der Waals surface area contributed by atoms with Crippen molar-refractivity contribution < 1.29 is 4.79 Å². The number of carbonyl (C=O) groups excluding carboxylic acids is 1. The highest BCUT2D eigenvalue weighted by Gasteiger charge is 2.11. The van der Waals surface area contributed by atoms with Crippen molar-refractivity contribution in [2.45, 2.75) is 6.92 Å². The van der Waals surface area contributed by atoms with E-state index in [4.69, 9.17) is 11.6 Å². The van der Waals surface area contributed by atoms with Gasteiger partial charge in [-0.25, -0.2) is 0 Å². The molecule has 1 aromatic heterocycles. The standard InChI is InChI=1S/C11H11ClN4O/c1-7-3-4-8(12)5-9(7)13-11(17)10-6-16(2)15-14-10/h3-6H,1-2H3,(H,13,17). The minimum absolute atomic E-state index is 0.270. The Kier molecular flexibility index (Phi) is 3.10. The van der Waals surface area contributed by atoms with Gasteiger partial charge in [-0.2, -0.15) is 0 Å². The summed E-state index contributed by atoms with van der Waals surface area (Å²) < 4.78 is 1.47. The molecule has 2 rings (SSSR count). The van der Waals surface area contributed by atoms with Gasteiger partial charge < -0.3 is 5.32 Å². The molecule has 0 aliphatic carbocycles. The normalized spacial score (nSPS) is 10.3. The third-order valence-electron chi connectivity index (χ3n) is 2.28. The molecule has 0 spiro atoms. The van der Waals surface area contributed by atoms with Gasteiger partial charge in [0.1, 0.15) is 0 Å². The zero-order chi connectivity index (χ0) is 12.4. The molecule has 6 heteroatoms. The van der Waals surface area contributed by atoms with Crippen LogP contribution >= 0.6 is 11.6 Å². The van der Waals surface area contributed by atoms with Crippen molar-refractivity contribution in [1.82, 2.24) is 15.0 Å². The molecule has 0 unspecified atom stereocenters. The second-order valence-electron chi connectivity index (χ2n) is 3.69. The maximum Gasteiger partial charge on any atom is 0.277 e. The average molecular weight is 251 g/mol. The minimum atomic E-state index is -0.302. The summed E-state index contributed by atoms with van der Waals surface area (Å²) in [6, 6.07) is 5.31. The molecule has 0 radical (unpaired) electrons. The van der Waals surface area contributed by atoms with Crippen LogP contribution in [0.5, 0.6) is 0 Å². The average Bonchev–Trinajstić information content (AvgIpc) is 2.70. The maximum atomic E-state index is 11.8. The van der Waals surface area contributed by atoms with Crippen molar-refractivity contribution in [2.75, 3.05) is 5.32 Å². The number of aromatic nitrogens is 3. The van der Waals surface area contributed by atoms with Crippen molar-refractivity contribution in [3.05, 3.63) is 40.7 Å². The Morgan fingerprint density at radius 1 is 1.47 bits per heavy atom. The Morgan fingerprint density at radius 3 is 2.88 bits per heavy atom. The van der Waals surface area contributed by atoms with E-state index in [1.165, 1.54) is 4.68 Å². The van der Waals surface area contributed by atoms with E-state index in [2.05, 4.69) is 15.6 Å². The predicted octanol–water partition coefficient (Wildman–Crippen LogP) is 2.03. The molecule has 1 amide bonds. The Labute approximate surface area is 103 Å². The first-order chi connectivity index (χ1) is 8.06. The molecule has 0 bridgehead atoms. The quantitative estimate of drug-likeness (QED) is 0.887. The van der Waals surface area contributed by atoms with Crippen LogP contribution in [0.15, 0.2) is 24.4 Å². The highest BCUT2D eigenvalue weighted by molar-refractivity contribution is 6.31. The predicted molar refractivity (Wildman–Crippen MR) is 65.1 cm³/mol. The number of nitrogens with zero attached hydrogens (tertiary/aromatic N) is 3. The number of carbonyl (C=O) groups is 1. The molecule has 1 aromatic carbocycles. The topological polar surface area (TPSA) is 59.8 Å². The van der Waals surface area contributed by atoms with Gasteiger partial charge in [-0.05, 0) is 24.6 Å². The van der Waals surface area contributed by atoms with Crippen LogP contribution in [0.2, 0.25) is 5.02 Å². The van der Waals surface area contributed by atoms with Crippen LogP contribution in [-0.4, -0.2) is 20.9 Å². The summed E-state index contributed by atoms with van der Waals surface area (Å²) in [5.41, 5.74) is 1.88. The smallest absolute Gasteiger partial charge is 0.277 e. The van der Waals surface area contributed by atoms with E-state index in [1.807, 2.05) is 13.0 Å². The van der Waals surface area contributed by atoms with Crippen molar-refractivity contribution in [3.8, 4) is 0 Å². The summed E-state index contributed by atoms with van der Waals surface area (Å²) in [7, 11) is 1.70. The molecular formula is C11H11ClN4O. The molecule has 0 atom stereocenters. The number of halogens is 1. The Bertz CT molecular complexity index is 564. The van der Waals surface area contributed by atoms with Crippen LogP contribution in [-0.2, 0) is 7.05 Å². The van der Waals surface area contributed by atoms with Crippen molar-refractivity contribution in [1.29, 1.82) is 0 Å². The van der Waals surface area contributed by atoms with Crippen molar-refractivity contribution in [2.24, 2.45) is 7.05 Å². The van der Waals surface area contributed by atoms with Crippen LogP contribution in [0, 0.1) is 6.92 Å². The third-order valence-corrected chi connectivity index (χ3v) is 2.52. The lowest BCUT2D eigenvalue weighted by atomic mass is 10.2. The number of amides is 1. The SMILES string of the molecule is Cc1ccc(Cl)cc1NC(=O)c1cn(C)nn1. The fraction of sp³-hybridized carbons (Fsp3) is 0.182. The first kappa shape index (κ1) is 11.6. The highest BCUT2D eigenvalue weighted by atomic mass is 35.5. The van der Waals surface area contributed by atoms with E-state index in [9.17, 15) is 4.79 Å². The number of hydrogen-bond acceptors (Lipinski definition) is 3. The Morgan fingerprint density at radius 2 is 2.24 bits per heavy atom. The van der Waals surface area contributed by atoms with Gasteiger partial charge in [-0.3, -0.25) is 9.48 Å². The summed E-state index contributed by atoms with van der Waals surface area (Å²) in [6.07, 6.45) is 1.55. The first-order valence-corrected chi connectivity index (χ1v) is 5.38. The highest BCUT2D eigenvalue weighted by Crippen LogP contribution is 2.20. The lowest BCUT2D eigenvalue weighted by molar-refractivity contribution is 0.102. The van der Waals surface area contributed by atoms with E-state index in [0.717, 1.165) is 5.56 Å². The number of hydrogen-bond donors (Lipinski definition) is 1. The van der Waals surface area contributed by atoms with E-state index in [1.54, 1.807) is 25.4 Å². The molecule has 0 fully saturated rings. The molecule has 0 saturated carbocycles. The lowest BCUT2D eigenvalue weighted by Crippen LogP contribution is -2.13. The van der Waals surface area contributed by atoms with Crippen LogP contribution in [0.4, 0.5) is 5.69 Å². The summed E-state index contributed by atoms with van der Waals surface area (Å²) in [5, 5.41) is 10.7. The fourth-order valence-corrected chi connectivity index (χ4v) is 1.54. The van der Waals surface area contributed by atoms with Gasteiger partial charge >= 0.3 is 0 Å². The van der Waals surface area contributed by atoms with Crippen LogP contribution in [0.1, 0.15) is 16.1 Å². The molecule has 88 valence electrons. The number of aryl methyl sites for hydroxylation is 2. The van der Waals surface area contributed by atoms with E-state index in [-0.39, 0.29) is 11.6 Å². The second kappa shape index (κ2) is 4.55. The monoisotopic (exact) mass is 250 g/mol. The molecule has 0 saturated heterocycles. The third kappa shape index (κ3) is 2.62. The van der Waals surface area contributed by atoms with Crippen molar-refractivity contribution in [3.63, 3.8) is 0 Å². The number of rotatable bonds is 2. The fourth-order valence-electron chi connectivity index (χ4n) is 1.37. The molecule has 5 nitrogen and oxygen atoms in total. The minimum Gasteiger partial charge on any atom is -0.320 e. The molecule has 2 aromatic rings. The molecule has 17 heavy (non-hydrogen) atoms. The van der Waals surface area contributed by atoms with Gasteiger partial charge in [-0.1, -0.05) is 22.9 Å². The Balaban J connectivity index is 2.21. The van der Waals surface area contributed by atoms with Gasteiger partial charge in [0, 0.05) is 17.8 Å². The van der Waals surface area contributed by atoms with Gasteiger partial charge in [0.15, 0.2) is 5.69 Å². The number of nitrogens with one attached hydrogen (secondary N) is 1. The van der Waals surface area contributed by atoms with E-state index >= 15 is 0 Å². The second-order valence-corrected chi connectivity index (χ2v) is 4.13. The number of benzene rings is 1. The molecule has 0 aliphatic heterocycles. The Hall–Kier alpha value is -1.88. The summed E-state index contributed by atoms with van der Waals surface area (Å²) in [5.74, 6) is -0.302. The van der Waals surface area contributed by atoms with Crippen molar-refractivity contribution >= 4 is 23.2 Å². The maximum absolute atomic E-state index is 11.8. The van der Waals surface area contributed by atoms with Crippen LogP contribution in [0.3, 0.4) is 0 Å². The van der Waals surface area contributed by atoms with Gasteiger partial charge in [0.25, 0.3) is 5.91 Å². The van der Waals surface area contributed by atoms with Gasteiger partial charge in [-0.15, -0.1) is 5.10 Å². The molecule has 1 N–H and O–H groups in total. The molecule has 0 aliphatic rings. The summed E-state index contributed by atoms with van der Waals surface area (Å²) in [6.45, 7) is 1.89. The molecule has 1 heterocycles. The van der Waals surface area contributed by atoms with E-state index in [0.29, 0.717) is 10.7 Å². The van der Waals surface area contributed by atoms with E-state index < -0.39 is 0 Å². The lowest BCUT2D eigenvalue weighted by Gasteiger charge is -2.06. The zero-order valence-electron chi connectivity index (χ0n) is 9.44. The van der Waals surface area contributed by atoms with Gasteiger partial charge in [0.2, 0.25) is 0 Å². The summed E-state index contributed by atoms with van der Waals surface area (Å²) >= 11 is 5.87. The summed E-state index contributed by atoms with van der Waals surface area (Å²) in [4.78, 5) is 11.8. The molecular weight excluding hydrogens is 240 g/mol. The van der Waals surface area contributed by atoms with Crippen LogP contribution in [0.25, 0.3) is 0 Å².